The molecule has 0 saturated carbocycles. The molecular weight excluding hydrogens is 127 g/mol. The minimum atomic E-state index is 0. The molecule has 0 bridgehead atoms. The number of rotatable bonds is 0. The van der Waals surface area contributed by atoms with Gasteiger partial charge in [-0.1, -0.05) is 0 Å². The van der Waals surface area contributed by atoms with Gasteiger partial charge in [0.25, 0.3) is 0 Å². The Kier molecular flexibility index (Phi) is 3.53. The van der Waals surface area contributed by atoms with Gasteiger partial charge in [-0.25, -0.2) is 4.98 Å². The van der Waals surface area contributed by atoms with Crippen LogP contribution >= 0.6 is 0 Å². The van der Waals surface area contributed by atoms with Crippen molar-refractivity contribution in [3.63, 3.8) is 0 Å². The van der Waals surface area contributed by atoms with Gasteiger partial charge >= 0.3 is 29.6 Å². The third-order valence-electron chi connectivity index (χ3n) is 0.696. The van der Waals surface area contributed by atoms with Crippen molar-refractivity contribution in [2.24, 2.45) is 0 Å². The topological polar surface area (TPSA) is 77.8 Å². The molecule has 5 heteroatoms. The summed E-state index contributed by atoms with van der Waals surface area (Å²) in [5, 5.41) is 0. The van der Waals surface area contributed by atoms with E-state index in [9.17, 15) is 0 Å². The van der Waals surface area contributed by atoms with Crippen molar-refractivity contribution in [2.45, 2.75) is 0 Å². The fourth-order valence-electron chi connectivity index (χ4n) is 0.388. The zero-order valence-corrected chi connectivity index (χ0v) is 7.20. The van der Waals surface area contributed by atoms with Crippen molar-refractivity contribution in [3.8, 4) is 0 Å². The van der Waals surface area contributed by atoms with Crippen LogP contribution in [0.3, 0.4) is 0 Å². The fourth-order valence-corrected chi connectivity index (χ4v) is 0.388. The monoisotopic (exact) mass is 134 g/mol. The SMILES string of the molecule is Nc1ccnc(N)n1.[H-].[Na+]. The average Bonchev–Trinajstić information content (AvgIpc) is 1.64. The van der Waals surface area contributed by atoms with Crippen LogP contribution in [0, 0.1) is 0 Å². The van der Waals surface area contributed by atoms with E-state index in [4.69, 9.17) is 11.5 Å². The predicted molar refractivity (Wildman–Crippen MR) is 32.0 cm³/mol. The van der Waals surface area contributed by atoms with Crippen LogP contribution in [-0.2, 0) is 0 Å². The Bertz CT molecular complexity index is 177. The Morgan fingerprint density at radius 2 is 2.11 bits per heavy atom. The summed E-state index contributed by atoms with van der Waals surface area (Å²) in [4.78, 5) is 7.24. The van der Waals surface area contributed by atoms with E-state index in [1.165, 1.54) is 6.20 Å². The number of aromatic nitrogens is 2. The van der Waals surface area contributed by atoms with Gasteiger partial charge in [-0.15, -0.1) is 0 Å². The third kappa shape index (κ3) is 2.64. The van der Waals surface area contributed by atoms with Gasteiger partial charge in [-0.05, 0) is 6.07 Å². The first-order valence-electron chi connectivity index (χ1n) is 2.13. The largest absolute Gasteiger partial charge is 1.00 e. The maximum absolute atomic E-state index is 5.23. The Balaban J connectivity index is 0. The molecule has 0 atom stereocenters. The Morgan fingerprint density at radius 1 is 1.44 bits per heavy atom. The van der Waals surface area contributed by atoms with Crippen LogP contribution in [0.2, 0.25) is 0 Å². The van der Waals surface area contributed by atoms with E-state index in [0.29, 0.717) is 5.82 Å². The molecule has 0 unspecified atom stereocenters. The average molecular weight is 134 g/mol. The second-order valence-electron chi connectivity index (χ2n) is 1.34. The first-order valence-corrected chi connectivity index (χ1v) is 2.13. The summed E-state index contributed by atoms with van der Waals surface area (Å²) in [5.74, 6) is 0.613. The second kappa shape index (κ2) is 3.66. The third-order valence-corrected chi connectivity index (χ3v) is 0.696. The summed E-state index contributed by atoms with van der Waals surface area (Å²) in [6.07, 6.45) is 1.51. The maximum atomic E-state index is 5.23. The van der Waals surface area contributed by atoms with Gasteiger partial charge in [0, 0.05) is 6.20 Å². The normalized spacial score (nSPS) is 8.00. The van der Waals surface area contributed by atoms with Crippen LogP contribution in [0.5, 0.6) is 0 Å². The maximum Gasteiger partial charge on any atom is 1.00 e. The van der Waals surface area contributed by atoms with Crippen LogP contribution in [0.15, 0.2) is 12.3 Å². The van der Waals surface area contributed by atoms with E-state index in [2.05, 4.69) is 9.97 Å². The molecule has 0 aliphatic heterocycles. The molecule has 0 radical (unpaired) electrons. The molecule has 44 valence electrons. The van der Waals surface area contributed by atoms with Crippen LogP contribution in [0.4, 0.5) is 11.8 Å². The van der Waals surface area contributed by atoms with Gasteiger partial charge in [0.2, 0.25) is 5.95 Å². The summed E-state index contributed by atoms with van der Waals surface area (Å²) < 4.78 is 0. The van der Waals surface area contributed by atoms with E-state index < -0.39 is 0 Å². The minimum Gasteiger partial charge on any atom is -1.00 e. The van der Waals surface area contributed by atoms with Crippen LogP contribution < -0.4 is 41.0 Å². The zero-order chi connectivity index (χ0) is 5.98. The van der Waals surface area contributed by atoms with Crippen LogP contribution in [0.25, 0.3) is 0 Å². The number of nitrogens with two attached hydrogens (primary N) is 2. The molecule has 1 heterocycles. The molecule has 1 aromatic heterocycles. The van der Waals surface area contributed by atoms with Crippen LogP contribution in [0.1, 0.15) is 1.43 Å². The predicted octanol–water partition coefficient (Wildman–Crippen LogP) is -3.24. The Labute approximate surface area is 76.4 Å². The molecule has 0 aliphatic carbocycles. The Morgan fingerprint density at radius 3 is 2.44 bits per heavy atom. The number of nitrogen functional groups attached to an aromatic ring is 2. The van der Waals surface area contributed by atoms with Crippen molar-refractivity contribution in [3.05, 3.63) is 12.3 Å². The van der Waals surface area contributed by atoms with E-state index in [1.807, 2.05) is 0 Å². The van der Waals surface area contributed by atoms with E-state index in [1.54, 1.807) is 6.07 Å². The molecule has 4 nitrogen and oxygen atoms in total. The van der Waals surface area contributed by atoms with E-state index in [-0.39, 0.29) is 36.9 Å². The zero-order valence-electron chi connectivity index (χ0n) is 6.20. The van der Waals surface area contributed by atoms with Crippen molar-refractivity contribution in [2.75, 3.05) is 11.5 Å². The molecule has 4 N–H and O–H groups in total. The smallest absolute Gasteiger partial charge is 1.00 e. The molecule has 0 saturated heterocycles. The first-order chi connectivity index (χ1) is 3.79. The molecule has 0 aromatic carbocycles. The van der Waals surface area contributed by atoms with E-state index in [0.717, 1.165) is 0 Å². The second-order valence-corrected chi connectivity index (χ2v) is 1.34. The molecule has 1 aromatic rings. The Hall–Kier alpha value is -0.320. The number of anilines is 2. The van der Waals surface area contributed by atoms with E-state index >= 15 is 0 Å². The minimum absolute atomic E-state index is 0. The molecule has 0 spiro atoms. The van der Waals surface area contributed by atoms with Crippen molar-refractivity contribution >= 4 is 11.8 Å². The van der Waals surface area contributed by atoms with Gasteiger partial charge in [0.15, 0.2) is 0 Å². The van der Waals surface area contributed by atoms with Crippen molar-refractivity contribution in [1.29, 1.82) is 0 Å². The van der Waals surface area contributed by atoms with Crippen LogP contribution in [-0.4, -0.2) is 9.97 Å². The summed E-state index contributed by atoms with van der Waals surface area (Å²) >= 11 is 0. The molecule has 0 aliphatic rings. The van der Waals surface area contributed by atoms with Gasteiger partial charge in [0.05, 0.1) is 0 Å². The van der Waals surface area contributed by atoms with Gasteiger partial charge in [0.1, 0.15) is 5.82 Å². The van der Waals surface area contributed by atoms with Crippen molar-refractivity contribution < 1.29 is 31.0 Å². The first kappa shape index (κ1) is 8.68. The van der Waals surface area contributed by atoms with Crippen molar-refractivity contribution in [1.82, 2.24) is 9.97 Å². The molecular formula is C4H7N4Na. The van der Waals surface area contributed by atoms with Gasteiger partial charge in [-0.2, -0.15) is 4.98 Å². The van der Waals surface area contributed by atoms with Gasteiger partial charge < -0.3 is 12.9 Å². The quantitative estimate of drug-likeness (QED) is 0.365. The standard InChI is InChI=1S/C4H6N4.Na.H/c5-3-1-2-7-4(6)8-3;;/h1-2H,(H4,5,6,7,8);;/q;+1;-1. The molecule has 9 heavy (non-hydrogen) atoms. The summed E-state index contributed by atoms with van der Waals surface area (Å²) in [5.41, 5.74) is 10.4. The number of nitrogens with zero attached hydrogens (tertiary/aromatic N) is 2. The van der Waals surface area contributed by atoms with Gasteiger partial charge in [-0.3, -0.25) is 0 Å². The molecule has 1 rings (SSSR count). The molecule has 0 amide bonds. The summed E-state index contributed by atoms with van der Waals surface area (Å²) in [7, 11) is 0. The summed E-state index contributed by atoms with van der Waals surface area (Å²) in [6.45, 7) is 0. The number of hydrogen-bond acceptors (Lipinski definition) is 4. The number of hydrogen-bond donors (Lipinski definition) is 2. The molecule has 0 fully saturated rings. The summed E-state index contributed by atoms with van der Waals surface area (Å²) in [6, 6.07) is 1.58. The fraction of sp³-hybridized carbons (Fsp3) is 0.